The van der Waals surface area contributed by atoms with E-state index in [0.717, 1.165) is 11.1 Å². The molecule has 15 nitrogen and oxygen atoms in total. The predicted octanol–water partition coefficient (Wildman–Crippen LogP) is 7.71. The Balaban J connectivity index is 1.18. The highest BCUT2D eigenvalue weighted by Gasteiger charge is 2.27. The maximum Gasteiger partial charge on any atom is 0.414 e. The second-order valence-electron chi connectivity index (χ2n) is 14.4. The van der Waals surface area contributed by atoms with Gasteiger partial charge in [0.15, 0.2) is 11.5 Å². The van der Waals surface area contributed by atoms with Crippen LogP contribution >= 0.6 is 0 Å². The molecule has 316 valence electrons. The molecule has 0 bridgehead atoms. The highest BCUT2D eigenvalue weighted by Crippen LogP contribution is 2.39. The SMILES string of the molecule is CCOc1ccc(CCOc2cc(OC(=O)c3c4ccccc4n4cc(OC(=O)N(C)C)cc(OCCc5ccc(OCC)nc5)c34)cn3c2c(C(N)=O)c2ccccc23)cn1. The molecule has 0 atom stereocenters. The molecule has 0 radical (unpaired) electrons. The summed E-state index contributed by atoms with van der Waals surface area (Å²) in [7, 11) is 3.17. The summed E-state index contributed by atoms with van der Waals surface area (Å²) in [6.07, 6.45) is 7.08. The Hall–Kier alpha value is -7.81. The summed E-state index contributed by atoms with van der Waals surface area (Å²) in [6, 6.07) is 25.2. The molecule has 2 aromatic carbocycles. The van der Waals surface area contributed by atoms with Gasteiger partial charge in [0.1, 0.15) is 22.5 Å². The molecule has 2 N–H and O–H groups in total. The minimum absolute atomic E-state index is 0.141. The van der Waals surface area contributed by atoms with Crippen molar-refractivity contribution in [2.75, 3.05) is 40.5 Å². The number of carbonyl (C=O) groups is 3. The third-order valence-electron chi connectivity index (χ3n) is 10.1. The molecule has 2 amide bonds. The molecular formula is C47H44N6O9. The van der Waals surface area contributed by atoms with Crippen molar-refractivity contribution in [1.29, 1.82) is 0 Å². The topological polar surface area (TPSA) is 170 Å². The standard InChI is InChI=1S/C47H44N6O9/c1-5-57-39-17-15-29(25-49-39)19-21-59-37-23-31(27-52-35-13-9-7-11-33(35)41(43(37)52)45(48)54)61-46(55)42-34-12-8-10-14-36(34)53-28-32(62-47(56)51(3)4)24-38(44(42)53)60-22-20-30-16-18-40(50-26-30)58-6-2/h7-18,23-28H,5-6,19-22H2,1-4H3,(H2,48,54). The molecule has 6 aromatic heterocycles. The van der Waals surface area contributed by atoms with Gasteiger partial charge in [-0.25, -0.2) is 19.6 Å². The van der Waals surface area contributed by atoms with Crippen LogP contribution in [0.5, 0.6) is 34.8 Å². The Morgan fingerprint density at radius 2 is 1.11 bits per heavy atom. The van der Waals surface area contributed by atoms with Gasteiger partial charge in [0, 0.05) is 74.4 Å². The van der Waals surface area contributed by atoms with Crippen LogP contribution in [-0.2, 0) is 12.8 Å². The number of nitrogens with two attached hydrogens (primary N) is 1. The summed E-state index contributed by atoms with van der Waals surface area (Å²) in [6.45, 7) is 5.19. The van der Waals surface area contributed by atoms with Crippen LogP contribution in [0.25, 0.3) is 32.8 Å². The van der Waals surface area contributed by atoms with Crippen molar-refractivity contribution in [3.63, 3.8) is 0 Å². The zero-order chi connectivity index (χ0) is 43.3. The van der Waals surface area contributed by atoms with Gasteiger partial charge in [-0.2, -0.15) is 0 Å². The second kappa shape index (κ2) is 17.8. The first-order valence-electron chi connectivity index (χ1n) is 20.1. The van der Waals surface area contributed by atoms with Crippen LogP contribution in [0.15, 0.2) is 110 Å². The van der Waals surface area contributed by atoms with E-state index in [-0.39, 0.29) is 47.3 Å². The lowest BCUT2D eigenvalue weighted by Gasteiger charge is -2.15. The smallest absolute Gasteiger partial charge is 0.414 e. The van der Waals surface area contributed by atoms with Crippen LogP contribution in [0.4, 0.5) is 4.79 Å². The van der Waals surface area contributed by atoms with Gasteiger partial charge in [0.25, 0.3) is 5.91 Å². The molecule has 6 heterocycles. The van der Waals surface area contributed by atoms with E-state index in [0.29, 0.717) is 70.7 Å². The van der Waals surface area contributed by atoms with Crippen LogP contribution in [-0.4, -0.2) is 82.2 Å². The van der Waals surface area contributed by atoms with Gasteiger partial charge < -0.3 is 47.9 Å². The molecule has 0 saturated heterocycles. The number of rotatable bonds is 16. The lowest BCUT2D eigenvalue weighted by Crippen LogP contribution is -2.25. The molecule has 0 aliphatic heterocycles. The molecule has 15 heteroatoms. The van der Waals surface area contributed by atoms with Gasteiger partial charge >= 0.3 is 12.1 Å². The first kappa shape index (κ1) is 40.9. The number of nitrogens with zero attached hydrogens (tertiary/aromatic N) is 5. The van der Waals surface area contributed by atoms with Gasteiger partial charge in [-0.15, -0.1) is 0 Å². The first-order valence-corrected chi connectivity index (χ1v) is 20.1. The van der Waals surface area contributed by atoms with Crippen molar-refractivity contribution in [2.45, 2.75) is 26.7 Å². The van der Waals surface area contributed by atoms with E-state index in [2.05, 4.69) is 9.97 Å². The second-order valence-corrected chi connectivity index (χ2v) is 14.4. The van der Waals surface area contributed by atoms with Crippen molar-refractivity contribution in [3.8, 4) is 34.8 Å². The fraction of sp³-hybridized carbons (Fsp3) is 0.213. The summed E-state index contributed by atoms with van der Waals surface area (Å²) in [4.78, 5) is 50.5. The van der Waals surface area contributed by atoms with E-state index in [4.69, 9.17) is 34.2 Å². The Morgan fingerprint density at radius 3 is 1.58 bits per heavy atom. The number of pyridine rings is 4. The summed E-state index contributed by atoms with van der Waals surface area (Å²) >= 11 is 0. The van der Waals surface area contributed by atoms with Gasteiger partial charge in [0.05, 0.1) is 61.0 Å². The monoisotopic (exact) mass is 836 g/mol. The zero-order valence-electron chi connectivity index (χ0n) is 34.6. The van der Waals surface area contributed by atoms with Gasteiger partial charge in [-0.1, -0.05) is 48.5 Å². The molecule has 0 aliphatic carbocycles. The third-order valence-corrected chi connectivity index (χ3v) is 10.1. The number of primary amides is 1. The minimum Gasteiger partial charge on any atom is -0.491 e. The molecule has 8 rings (SSSR count). The summed E-state index contributed by atoms with van der Waals surface area (Å²) in [5.74, 6) is 0.622. The van der Waals surface area contributed by atoms with E-state index >= 15 is 0 Å². The van der Waals surface area contributed by atoms with E-state index in [1.165, 1.54) is 4.90 Å². The quantitative estimate of drug-likeness (QED) is 0.0946. The molecule has 0 spiro atoms. The van der Waals surface area contributed by atoms with Crippen LogP contribution in [0.3, 0.4) is 0 Å². The first-order chi connectivity index (χ1) is 30.1. The summed E-state index contributed by atoms with van der Waals surface area (Å²) in [5.41, 5.74) is 10.4. The predicted molar refractivity (Wildman–Crippen MR) is 232 cm³/mol. The number of hydrogen-bond acceptors (Lipinski definition) is 11. The molecular weight excluding hydrogens is 793 g/mol. The molecule has 0 fully saturated rings. The molecule has 0 unspecified atom stereocenters. The molecule has 0 aliphatic rings. The summed E-state index contributed by atoms with van der Waals surface area (Å²) < 4.78 is 39.3. The van der Waals surface area contributed by atoms with Crippen molar-refractivity contribution in [1.82, 2.24) is 23.7 Å². The van der Waals surface area contributed by atoms with Gasteiger partial charge in [-0.3, -0.25) is 4.79 Å². The number of ether oxygens (including phenoxy) is 6. The average Bonchev–Trinajstić information content (AvgIpc) is 3.79. The Labute approximate surface area is 356 Å². The molecule has 62 heavy (non-hydrogen) atoms. The van der Waals surface area contributed by atoms with E-state index < -0.39 is 18.0 Å². The minimum atomic E-state index is -0.695. The lowest BCUT2D eigenvalue weighted by molar-refractivity contribution is 0.0737. The lowest BCUT2D eigenvalue weighted by atomic mass is 10.1. The maximum absolute atomic E-state index is 14.7. The fourth-order valence-electron chi connectivity index (χ4n) is 7.28. The number of esters is 1. The van der Waals surface area contributed by atoms with E-state index in [9.17, 15) is 14.4 Å². The summed E-state index contributed by atoms with van der Waals surface area (Å²) in [5, 5.41) is 1.18. The largest absolute Gasteiger partial charge is 0.491 e. The van der Waals surface area contributed by atoms with Crippen LogP contribution < -0.4 is 34.2 Å². The fourth-order valence-corrected chi connectivity index (χ4v) is 7.28. The van der Waals surface area contributed by atoms with Gasteiger partial charge in [-0.05, 0) is 37.1 Å². The number of para-hydroxylation sites is 2. The highest BCUT2D eigenvalue weighted by atomic mass is 16.6. The number of hydrogen-bond donors (Lipinski definition) is 1. The molecule has 0 saturated carbocycles. The number of benzene rings is 2. The van der Waals surface area contributed by atoms with Crippen molar-refractivity contribution in [2.24, 2.45) is 5.73 Å². The van der Waals surface area contributed by atoms with E-state index in [1.54, 1.807) is 78.0 Å². The van der Waals surface area contributed by atoms with Crippen molar-refractivity contribution in [3.05, 3.63) is 132 Å². The zero-order valence-corrected chi connectivity index (χ0v) is 34.6. The highest BCUT2D eigenvalue weighted by molar-refractivity contribution is 6.15. The number of carbonyl (C=O) groups excluding carboxylic acids is 3. The normalized spacial score (nSPS) is 11.2. The van der Waals surface area contributed by atoms with Gasteiger partial charge in [0.2, 0.25) is 11.8 Å². The Bertz CT molecular complexity index is 2940. The average molecular weight is 837 g/mol. The maximum atomic E-state index is 14.7. The van der Waals surface area contributed by atoms with Crippen LogP contribution in [0.2, 0.25) is 0 Å². The Kier molecular flexibility index (Phi) is 11.8. The number of aromatic nitrogens is 4. The number of amides is 2. The Morgan fingerprint density at radius 1 is 0.629 bits per heavy atom. The van der Waals surface area contributed by atoms with Crippen molar-refractivity contribution >= 4 is 50.8 Å². The van der Waals surface area contributed by atoms with Crippen molar-refractivity contribution < 1.29 is 42.8 Å². The van der Waals surface area contributed by atoms with Crippen LogP contribution in [0, 0.1) is 0 Å². The number of fused-ring (bicyclic) bond motifs is 6. The third kappa shape index (κ3) is 8.32. The van der Waals surface area contributed by atoms with E-state index in [1.807, 2.05) is 68.4 Å². The van der Waals surface area contributed by atoms with Crippen LogP contribution in [0.1, 0.15) is 45.7 Å². The molecule has 8 aromatic rings.